The minimum Gasteiger partial charge on any atom is -0.399 e. The van der Waals surface area contributed by atoms with Gasteiger partial charge in [0.05, 0.1) is 6.61 Å². The zero-order valence-corrected chi connectivity index (χ0v) is 10.5. The lowest BCUT2D eigenvalue weighted by molar-refractivity contribution is 0.190. The molecule has 0 aliphatic rings. The first-order valence-corrected chi connectivity index (χ1v) is 5.52. The van der Waals surface area contributed by atoms with Gasteiger partial charge in [0.15, 0.2) is 0 Å². The second-order valence-electron chi connectivity index (χ2n) is 3.24. The van der Waals surface area contributed by atoms with Crippen molar-refractivity contribution in [3.63, 3.8) is 0 Å². The summed E-state index contributed by atoms with van der Waals surface area (Å²) in [7, 11) is 1.70. The number of hydrogen-bond donors (Lipinski definition) is 2. The molecule has 0 saturated heterocycles. The van der Waals surface area contributed by atoms with Crippen molar-refractivity contribution in [2.75, 3.05) is 24.8 Å². The van der Waals surface area contributed by atoms with Crippen LogP contribution in [-0.2, 0) is 4.74 Å². The maximum atomic E-state index is 5.66. The Balaban J connectivity index is 2.67. The molecule has 1 aromatic carbocycles. The lowest BCUT2D eigenvalue weighted by atomic mass is 10.2. The van der Waals surface area contributed by atoms with Crippen molar-refractivity contribution in [2.45, 2.75) is 13.0 Å². The Morgan fingerprint density at radius 1 is 1.57 bits per heavy atom. The molecule has 78 valence electrons. The van der Waals surface area contributed by atoms with Crippen LogP contribution in [0.3, 0.4) is 0 Å². The van der Waals surface area contributed by atoms with E-state index in [9.17, 15) is 0 Å². The van der Waals surface area contributed by atoms with E-state index in [2.05, 4.69) is 34.8 Å². The van der Waals surface area contributed by atoms with Crippen molar-refractivity contribution in [3.8, 4) is 0 Å². The summed E-state index contributed by atoms with van der Waals surface area (Å²) >= 11 is 2.26. The first kappa shape index (κ1) is 11.6. The van der Waals surface area contributed by atoms with Gasteiger partial charge in [0.25, 0.3) is 0 Å². The lowest BCUT2D eigenvalue weighted by Crippen LogP contribution is -2.21. The maximum absolute atomic E-state index is 5.66. The molecule has 0 fully saturated rings. The fourth-order valence-corrected chi connectivity index (χ4v) is 1.90. The topological polar surface area (TPSA) is 47.3 Å². The Bertz CT molecular complexity index is 304. The van der Waals surface area contributed by atoms with E-state index in [0.717, 1.165) is 14.9 Å². The molecule has 0 radical (unpaired) electrons. The van der Waals surface area contributed by atoms with E-state index in [1.165, 1.54) is 0 Å². The molecule has 3 N–H and O–H groups in total. The van der Waals surface area contributed by atoms with Crippen molar-refractivity contribution in [1.82, 2.24) is 0 Å². The average molecular weight is 306 g/mol. The number of anilines is 2. The summed E-state index contributed by atoms with van der Waals surface area (Å²) in [6, 6.07) is 6.13. The second kappa shape index (κ2) is 5.41. The van der Waals surface area contributed by atoms with Crippen LogP contribution in [0.4, 0.5) is 11.4 Å². The van der Waals surface area contributed by atoms with Crippen LogP contribution < -0.4 is 11.1 Å². The van der Waals surface area contributed by atoms with Crippen molar-refractivity contribution in [1.29, 1.82) is 0 Å². The van der Waals surface area contributed by atoms with Crippen LogP contribution in [0.15, 0.2) is 18.2 Å². The van der Waals surface area contributed by atoms with E-state index < -0.39 is 0 Å². The van der Waals surface area contributed by atoms with Crippen LogP contribution in [-0.4, -0.2) is 19.8 Å². The van der Waals surface area contributed by atoms with Crippen molar-refractivity contribution in [3.05, 3.63) is 21.8 Å². The summed E-state index contributed by atoms with van der Waals surface area (Å²) in [6.07, 6.45) is 0. The Morgan fingerprint density at radius 3 is 2.86 bits per heavy atom. The summed E-state index contributed by atoms with van der Waals surface area (Å²) < 4.78 is 6.18. The van der Waals surface area contributed by atoms with Crippen LogP contribution in [0.2, 0.25) is 0 Å². The molecule has 0 amide bonds. The fraction of sp³-hybridized carbons (Fsp3) is 0.400. The minimum atomic E-state index is 0.303. The number of halogens is 1. The smallest absolute Gasteiger partial charge is 0.0661 e. The van der Waals surface area contributed by atoms with Gasteiger partial charge in [0.2, 0.25) is 0 Å². The van der Waals surface area contributed by atoms with Gasteiger partial charge < -0.3 is 15.8 Å². The monoisotopic (exact) mass is 306 g/mol. The van der Waals surface area contributed by atoms with Crippen LogP contribution in [0.5, 0.6) is 0 Å². The van der Waals surface area contributed by atoms with Crippen LogP contribution >= 0.6 is 22.6 Å². The largest absolute Gasteiger partial charge is 0.399 e. The highest BCUT2D eigenvalue weighted by Crippen LogP contribution is 2.21. The molecule has 4 heteroatoms. The predicted molar refractivity (Wildman–Crippen MR) is 68.5 cm³/mol. The maximum Gasteiger partial charge on any atom is 0.0661 e. The Morgan fingerprint density at radius 2 is 2.29 bits per heavy atom. The second-order valence-corrected chi connectivity index (χ2v) is 4.40. The molecule has 0 aromatic heterocycles. The molecule has 14 heavy (non-hydrogen) atoms. The molecule has 1 aromatic rings. The van der Waals surface area contributed by atoms with Crippen molar-refractivity contribution < 1.29 is 4.74 Å². The first-order valence-electron chi connectivity index (χ1n) is 4.44. The van der Waals surface area contributed by atoms with E-state index in [1.54, 1.807) is 7.11 Å². The average Bonchev–Trinajstić information content (AvgIpc) is 2.10. The highest BCUT2D eigenvalue weighted by Gasteiger charge is 2.04. The number of ether oxygens (including phenoxy) is 1. The first-order chi connectivity index (χ1) is 6.63. The highest BCUT2D eigenvalue weighted by molar-refractivity contribution is 14.1. The summed E-state index contributed by atoms with van der Waals surface area (Å²) in [4.78, 5) is 0. The quantitative estimate of drug-likeness (QED) is 0.663. The number of methoxy groups -OCH3 is 1. The number of nitrogens with one attached hydrogen (secondary N) is 1. The van der Waals surface area contributed by atoms with Gasteiger partial charge in [-0.25, -0.2) is 0 Å². The SMILES string of the molecule is COCC(C)Nc1ccc(N)cc1I. The molecule has 0 heterocycles. The van der Waals surface area contributed by atoms with Gasteiger partial charge in [-0.2, -0.15) is 0 Å². The molecule has 3 nitrogen and oxygen atoms in total. The van der Waals surface area contributed by atoms with Crippen LogP contribution in [0.1, 0.15) is 6.92 Å². The molecule has 1 rings (SSSR count). The van der Waals surface area contributed by atoms with Gasteiger partial charge in [-0.15, -0.1) is 0 Å². The summed E-state index contributed by atoms with van der Waals surface area (Å²) in [5.41, 5.74) is 7.55. The molecule has 0 saturated carbocycles. The van der Waals surface area contributed by atoms with E-state index >= 15 is 0 Å². The third-order valence-corrected chi connectivity index (χ3v) is 2.70. The standard InChI is InChI=1S/C10H15IN2O/c1-7(6-14-2)13-10-4-3-8(12)5-9(10)11/h3-5,7,13H,6,12H2,1-2H3. The molecular weight excluding hydrogens is 291 g/mol. The Labute approximate surface area is 98.2 Å². The Hall–Kier alpha value is -0.490. The number of nitrogens with two attached hydrogens (primary N) is 1. The van der Waals surface area contributed by atoms with E-state index in [-0.39, 0.29) is 0 Å². The van der Waals surface area contributed by atoms with E-state index in [1.807, 2.05) is 18.2 Å². The molecule has 1 unspecified atom stereocenters. The summed E-state index contributed by atoms with van der Waals surface area (Å²) in [5.74, 6) is 0. The van der Waals surface area contributed by atoms with Crippen molar-refractivity contribution >= 4 is 34.0 Å². The highest BCUT2D eigenvalue weighted by atomic mass is 127. The summed E-state index contributed by atoms with van der Waals surface area (Å²) in [5, 5.41) is 3.35. The zero-order chi connectivity index (χ0) is 10.6. The molecule has 0 bridgehead atoms. The van der Waals surface area contributed by atoms with E-state index in [0.29, 0.717) is 12.6 Å². The van der Waals surface area contributed by atoms with Crippen LogP contribution in [0, 0.1) is 3.57 Å². The number of benzene rings is 1. The third-order valence-electron chi connectivity index (χ3n) is 1.81. The fourth-order valence-electron chi connectivity index (χ4n) is 1.21. The van der Waals surface area contributed by atoms with Gasteiger partial charge >= 0.3 is 0 Å². The van der Waals surface area contributed by atoms with Crippen LogP contribution in [0.25, 0.3) is 0 Å². The van der Waals surface area contributed by atoms with Gasteiger partial charge in [0.1, 0.15) is 0 Å². The molecule has 0 aliphatic carbocycles. The van der Waals surface area contributed by atoms with Gasteiger partial charge in [0, 0.05) is 28.1 Å². The molecule has 0 aliphatic heterocycles. The molecular formula is C10H15IN2O. The lowest BCUT2D eigenvalue weighted by Gasteiger charge is -2.15. The normalized spacial score (nSPS) is 12.5. The third kappa shape index (κ3) is 3.34. The molecule has 0 spiro atoms. The van der Waals surface area contributed by atoms with Gasteiger partial charge in [-0.05, 0) is 47.7 Å². The number of nitrogen functional groups attached to an aromatic ring is 1. The summed E-state index contributed by atoms with van der Waals surface area (Å²) in [6.45, 7) is 2.77. The number of rotatable bonds is 4. The zero-order valence-electron chi connectivity index (χ0n) is 8.38. The van der Waals surface area contributed by atoms with Gasteiger partial charge in [-0.3, -0.25) is 0 Å². The van der Waals surface area contributed by atoms with Gasteiger partial charge in [-0.1, -0.05) is 0 Å². The van der Waals surface area contributed by atoms with Crippen molar-refractivity contribution in [2.24, 2.45) is 0 Å². The predicted octanol–water partition coefficient (Wildman–Crippen LogP) is 2.32. The molecule has 1 atom stereocenters. The Kier molecular flexibility index (Phi) is 4.47. The van der Waals surface area contributed by atoms with E-state index in [4.69, 9.17) is 10.5 Å². The number of hydrogen-bond acceptors (Lipinski definition) is 3. The minimum absolute atomic E-state index is 0.303.